The highest BCUT2D eigenvalue weighted by atomic mass is 32.2. The molecule has 14 rings (SSSR count). The number of ether oxygens (including phenoxy) is 6. The molecule has 8 aliphatic heterocycles. The Labute approximate surface area is 714 Å². The Morgan fingerprint density at radius 3 is 0.679 bits per heavy atom. The van der Waals surface area contributed by atoms with Crippen molar-refractivity contribution in [3.05, 3.63) is 142 Å². The molecule has 12 nitrogen and oxygen atoms in total. The van der Waals surface area contributed by atoms with Gasteiger partial charge in [0.05, 0.1) is 38.6 Å². The minimum atomic E-state index is 0.0196. The summed E-state index contributed by atoms with van der Waals surface area (Å²) in [6.45, 7) is 65.4. The molecule has 8 unspecified atom stereocenters. The van der Waals surface area contributed by atoms with Crippen molar-refractivity contribution in [1.82, 2.24) is 29.9 Å². The molecule has 9 aliphatic rings. The lowest BCUT2D eigenvalue weighted by molar-refractivity contribution is -0.187. The number of thioether (sulfide) groups is 6. The molecule has 4 aromatic heterocycles. The summed E-state index contributed by atoms with van der Waals surface area (Å²) in [6.07, 6.45) is 28.9. The third-order valence-electron chi connectivity index (χ3n) is 19.3. The lowest BCUT2D eigenvalue weighted by Gasteiger charge is -2.24. The largest absolute Gasteiger partial charge is 0.378 e. The van der Waals surface area contributed by atoms with Crippen LogP contribution in [0.2, 0.25) is 0 Å². The Morgan fingerprint density at radius 1 is 0.232 bits per heavy atom. The van der Waals surface area contributed by atoms with Gasteiger partial charge >= 0.3 is 0 Å². The van der Waals surface area contributed by atoms with Gasteiger partial charge < -0.3 is 28.4 Å². The molecule has 9 fully saturated rings. The van der Waals surface area contributed by atoms with Crippen LogP contribution in [0, 0.1) is 128 Å². The summed E-state index contributed by atoms with van der Waals surface area (Å²) >= 11 is 12.6. The molecule has 1 aromatic carbocycles. The Bertz CT molecular complexity index is 2160. The average Bonchev–Trinajstić information content (AvgIpc) is 1.63. The van der Waals surface area contributed by atoms with Gasteiger partial charge in [0.15, 0.2) is 12.6 Å². The van der Waals surface area contributed by atoms with Gasteiger partial charge in [-0.1, -0.05) is 156 Å². The van der Waals surface area contributed by atoms with E-state index in [2.05, 4.69) is 262 Å². The zero-order valence-electron chi connectivity index (χ0n) is 76.0. The second kappa shape index (κ2) is 66.4. The molecule has 0 spiro atoms. The van der Waals surface area contributed by atoms with Crippen LogP contribution in [0.4, 0.5) is 0 Å². The molecule has 18 heteroatoms. The Kier molecular flexibility index (Phi) is 63.7. The maximum absolute atomic E-state index is 5.39. The summed E-state index contributed by atoms with van der Waals surface area (Å²) in [7, 11) is 0. The van der Waals surface area contributed by atoms with Crippen molar-refractivity contribution >= 4 is 70.6 Å². The summed E-state index contributed by atoms with van der Waals surface area (Å²) in [5.74, 6) is 18.6. The molecule has 0 N–H and O–H groups in total. The zero-order valence-corrected chi connectivity index (χ0v) is 80.9. The lowest BCUT2D eigenvalue weighted by Crippen LogP contribution is -2.27. The van der Waals surface area contributed by atoms with Crippen molar-refractivity contribution in [3.63, 3.8) is 0 Å². The van der Waals surface area contributed by atoms with E-state index in [1.54, 1.807) is 0 Å². The maximum atomic E-state index is 5.39. The SMILES string of the molecule is CC1CCC(C)CC1.CC1CCC(C)OC1.CC1CCC(C)OC1.CC1CCC(C)SC1.CC1CCC(C)SC1.CC1COC(C)OC1.CC1COC(C)OC1.CC1CSC(C)SC1.CC1CSC(C)SC1.Cc1ccc(C)cc1.Cc1ccc(C)nc1.Cc1ccc(C)nc1.Cc1cnc(C)nc1.Cc1cnc(C)nc1. The Balaban J connectivity index is 0.000000603. The highest BCUT2D eigenvalue weighted by molar-refractivity contribution is 8.17. The van der Waals surface area contributed by atoms with Crippen LogP contribution in [-0.2, 0) is 28.4 Å². The molecule has 0 bridgehead atoms. The predicted octanol–water partition coefficient (Wildman–Crippen LogP) is 26.4. The summed E-state index contributed by atoms with van der Waals surface area (Å²) < 4.78 is 33.2. The minimum absolute atomic E-state index is 0.0196. The monoisotopic (exact) mass is 1670 g/mol. The van der Waals surface area contributed by atoms with Crippen LogP contribution < -0.4 is 0 Å². The average molecular weight is 1670 g/mol. The molecule has 642 valence electrons. The second-order valence-corrected chi connectivity index (χ2v) is 42.8. The third-order valence-corrected chi connectivity index (χ3v) is 29.0. The van der Waals surface area contributed by atoms with Crippen molar-refractivity contribution in [2.24, 2.45) is 59.2 Å². The second-order valence-electron chi connectivity index (χ2n) is 33.8. The summed E-state index contributed by atoms with van der Waals surface area (Å²) in [5, 5.41) is 1.87. The number of nitrogens with zero attached hydrogens (tertiary/aromatic N) is 6. The van der Waals surface area contributed by atoms with E-state index in [1.165, 1.54) is 134 Å². The van der Waals surface area contributed by atoms with Crippen LogP contribution in [0.5, 0.6) is 0 Å². The van der Waals surface area contributed by atoms with Gasteiger partial charge in [0.2, 0.25) is 0 Å². The lowest BCUT2D eigenvalue weighted by atomic mass is 9.84. The van der Waals surface area contributed by atoms with E-state index >= 15 is 0 Å². The molecule has 0 amide bonds. The molecule has 5 aromatic rings. The van der Waals surface area contributed by atoms with Gasteiger partial charge in [-0.25, -0.2) is 19.9 Å². The van der Waals surface area contributed by atoms with Gasteiger partial charge in [-0.15, -0.1) is 47.0 Å². The number of rotatable bonds is 0. The van der Waals surface area contributed by atoms with Crippen LogP contribution in [0.15, 0.2) is 85.7 Å². The fourth-order valence-electron chi connectivity index (χ4n) is 10.9. The molecular formula is C94H164N6O6S6. The normalized spacial score (nSPS) is 28.9. The molecule has 1 saturated carbocycles. The highest BCUT2D eigenvalue weighted by Crippen LogP contribution is 2.34. The fourth-order valence-corrected chi connectivity index (χ4v) is 18.0. The van der Waals surface area contributed by atoms with Gasteiger partial charge in [0.25, 0.3) is 0 Å². The van der Waals surface area contributed by atoms with Crippen LogP contribution >= 0.6 is 70.6 Å². The predicted molar refractivity (Wildman–Crippen MR) is 500 cm³/mol. The van der Waals surface area contributed by atoms with Gasteiger partial charge in [-0.3, -0.25) is 9.97 Å². The maximum Gasteiger partial charge on any atom is 0.154 e. The quantitative estimate of drug-likeness (QED) is 0.145. The molecule has 12 heterocycles. The first-order chi connectivity index (χ1) is 53.0. The van der Waals surface area contributed by atoms with E-state index < -0.39 is 0 Å². The fraction of sp³-hybridized carbons (Fsp3) is 0.745. The molecule has 8 saturated heterocycles. The standard InChI is InChI=1S/C8H16.C8H10.2C7H9N.2C7H14O.2C7H14S.2C6H8N2.2C6H12O2.2C6H12S2/c2*1-7-3-5-8(2)6-4-7;6*1-6-3-4-7(2)8-5-6;6*1-5-3-7-6(2)8-4-5/h7-8H,3-6H2,1-2H3;3-6H,1-2H3;2*3-5H,1-2H3;4*6-7H,3-5H2,1-2H3;2*3-4H,1-2H3;4*5-6H,3-4H2,1-2H3. The number of hydrogen-bond donors (Lipinski definition) is 0. The van der Waals surface area contributed by atoms with Crippen LogP contribution in [0.3, 0.4) is 0 Å². The van der Waals surface area contributed by atoms with Crippen molar-refractivity contribution in [2.45, 2.75) is 315 Å². The van der Waals surface area contributed by atoms with Crippen molar-refractivity contribution in [3.8, 4) is 0 Å². The molecule has 8 atom stereocenters. The Hall–Kier alpha value is -2.46. The minimum Gasteiger partial charge on any atom is -0.378 e. The summed E-state index contributed by atoms with van der Waals surface area (Å²) in [5.41, 5.74) is 9.47. The first-order valence-electron chi connectivity index (χ1n) is 42.7. The number of hydrogen-bond acceptors (Lipinski definition) is 18. The van der Waals surface area contributed by atoms with Crippen LogP contribution in [-0.4, -0.2) is 149 Å². The first-order valence-corrected chi connectivity index (χ1v) is 49.0. The van der Waals surface area contributed by atoms with Gasteiger partial charge in [-0.05, 0) is 278 Å². The summed E-state index contributed by atoms with van der Waals surface area (Å²) in [6, 6.07) is 16.6. The number of benzene rings is 1. The number of aryl methyl sites for hydroxylation is 10. The van der Waals surface area contributed by atoms with Crippen molar-refractivity contribution in [2.75, 3.05) is 74.2 Å². The molecule has 112 heavy (non-hydrogen) atoms. The van der Waals surface area contributed by atoms with Crippen LogP contribution in [0.1, 0.15) is 258 Å². The first kappa shape index (κ1) is 108. The van der Waals surface area contributed by atoms with Gasteiger partial charge in [0, 0.05) is 93.3 Å². The Morgan fingerprint density at radius 2 is 0.482 bits per heavy atom. The van der Waals surface area contributed by atoms with Gasteiger partial charge in [0.1, 0.15) is 11.6 Å². The molecule has 1 aliphatic carbocycles. The smallest absolute Gasteiger partial charge is 0.154 e. The highest BCUT2D eigenvalue weighted by Gasteiger charge is 2.20. The summed E-state index contributed by atoms with van der Waals surface area (Å²) in [4.78, 5) is 24.0. The van der Waals surface area contributed by atoms with E-state index in [0.717, 1.165) is 141 Å². The topological polar surface area (TPSA) is 133 Å². The van der Waals surface area contributed by atoms with Gasteiger partial charge in [-0.2, -0.15) is 23.5 Å². The third kappa shape index (κ3) is 64.5. The zero-order chi connectivity index (χ0) is 83.8. The van der Waals surface area contributed by atoms with E-state index in [4.69, 9.17) is 28.4 Å². The molecule has 0 radical (unpaired) electrons. The number of pyridine rings is 2. The van der Waals surface area contributed by atoms with Crippen molar-refractivity contribution in [1.29, 1.82) is 0 Å². The molecular weight excluding hydrogens is 1500 g/mol. The van der Waals surface area contributed by atoms with E-state index in [0.29, 0.717) is 24.0 Å². The number of aromatic nitrogens is 6. The van der Waals surface area contributed by atoms with E-state index in [-0.39, 0.29) is 12.6 Å². The van der Waals surface area contributed by atoms with E-state index in [1.807, 2.05) is 119 Å². The van der Waals surface area contributed by atoms with Crippen molar-refractivity contribution < 1.29 is 28.4 Å². The van der Waals surface area contributed by atoms with E-state index in [9.17, 15) is 0 Å². The van der Waals surface area contributed by atoms with Crippen LogP contribution in [0.25, 0.3) is 0 Å².